The average molecular weight is 451 g/mol. The summed E-state index contributed by atoms with van der Waals surface area (Å²) in [7, 11) is 0. The molecular formula is C25H26N2O4S. The molecule has 0 saturated carbocycles. The van der Waals surface area contributed by atoms with E-state index in [1.54, 1.807) is 31.2 Å². The largest absolute Gasteiger partial charge is 0.462 e. The van der Waals surface area contributed by atoms with E-state index in [9.17, 15) is 4.79 Å². The minimum atomic E-state index is -0.453. The number of aromatic nitrogens is 1. The first kappa shape index (κ1) is 23.3. The van der Waals surface area contributed by atoms with E-state index in [2.05, 4.69) is 18.0 Å². The fourth-order valence-corrected chi connectivity index (χ4v) is 3.91. The molecule has 0 amide bonds. The highest BCUT2D eigenvalue weighted by Gasteiger charge is 2.20. The molecule has 0 bridgehead atoms. The summed E-state index contributed by atoms with van der Waals surface area (Å²) in [6.07, 6.45) is 2.26. The zero-order valence-electron chi connectivity index (χ0n) is 18.5. The van der Waals surface area contributed by atoms with E-state index in [4.69, 9.17) is 19.5 Å². The number of nitriles is 1. The molecule has 1 aromatic heterocycles. The third-order valence-electron chi connectivity index (χ3n) is 4.63. The maximum absolute atomic E-state index is 12.3. The summed E-state index contributed by atoms with van der Waals surface area (Å²) < 4.78 is 17.3. The number of rotatable bonds is 10. The number of nitrogens with zero attached hydrogens (tertiary/aromatic N) is 2. The Balaban J connectivity index is 1.75. The highest BCUT2D eigenvalue weighted by molar-refractivity contribution is 7.14. The molecule has 0 spiro atoms. The minimum absolute atomic E-state index is 0.320. The Kier molecular flexibility index (Phi) is 8.23. The molecule has 1 atom stereocenters. The Hall–Kier alpha value is -3.37. The van der Waals surface area contributed by atoms with Crippen LogP contribution in [-0.2, 0) is 4.74 Å². The highest BCUT2D eigenvalue weighted by Crippen LogP contribution is 2.30. The molecule has 0 N–H and O–H groups in total. The summed E-state index contributed by atoms with van der Waals surface area (Å²) in [5.41, 5.74) is 2.02. The Morgan fingerprint density at radius 2 is 1.69 bits per heavy atom. The van der Waals surface area contributed by atoms with Crippen LogP contribution < -0.4 is 9.47 Å². The van der Waals surface area contributed by atoms with Crippen molar-refractivity contribution in [2.45, 2.75) is 46.3 Å². The highest BCUT2D eigenvalue weighted by atomic mass is 32.1. The van der Waals surface area contributed by atoms with Gasteiger partial charge in [-0.3, -0.25) is 0 Å². The summed E-state index contributed by atoms with van der Waals surface area (Å²) in [5, 5.41) is 9.76. The summed E-state index contributed by atoms with van der Waals surface area (Å²) in [4.78, 5) is 17.3. The lowest BCUT2D eigenvalue weighted by atomic mass is 10.1. The first-order chi connectivity index (χ1) is 15.5. The van der Waals surface area contributed by atoms with Crippen LogP contribution in [0.5, 0.6) is 11.5 Å². The van der Waals surface area contributed by atoms with Gasteiger partial charge in [0.1, 0.15) is 16.4 Å². The molecule has 3 aromatic rings. The van der Waals surface area contributed by atoms with Crippen molar-refractivity contribution >= 4 is 17.3 Å². The average Bonchev–Trinajstić information content (AvgIpc) is 3.20. The van der Waals surface area contributed by atoms with Crippen LogP contribution in [0.4, 0.5) is 0 Å². The summed E-state index contributed by atoms with van der Waals surface area (Å²) in [6.45, 7) is 6.09. The second-order valence-electron chi connectivity index (χ2n) is 7.10. The molecular weight excluding hydrogens is 424 g/mol. The van der Waals surface area contributed by atoms with Crippen LogP contribution in [0.3, 0.4) is 0 Å². The number of carbonyl (C=O) groups excluding carboxylic acids is 1. The van der Waals surface area contributed by atoms with Crippen LogP contribution in [0.1, 0.15) is 53.4 Å². The SMILES string of the molecule is CCCCC(Oc1ccc(C#N)cc1)Oc1ccc(-c2nc(C)sc2C(=O)OCC)cc1. The van der Waals surface area contributed by atoms with Gasteiger partial charge in [0.05, 0.1) is 28.9 Å². The summed E-state index contributed by atoms with van der Waals surface area (Å²) in [6, 6.07) is 16.5. The van der Waals surface area contributed by atoms with Crippen molar-refractivity contribution in [3.63, 3.8) is 0 Å². The van der Waals surface area contributed by atoms with Crippen molar-refractivity contribution in [2.75, 3.05) is 6.61 Å². The number of ether oxygens (including phenoxy) is 3. The van der Waals surface area contributed by atoms with E-state index >= 15 is 0 Å². The van der Waals surface area contributed by atoms with Crippen molar-refractivity contribution in [3.05, 3.63) is 64.0 Å². The van der Waals surface area contributed by atoms with Crippen molar-refractivity contribution in [1.29, 1.82) is 5.26 Å². The second kappa shape index (κ2) is 11.3. The lowest BCUT2D eigenvalue weighted by molar-refractivity contribution is -0.00211. The first-order valence-electron chi connectivity index (χ1n) is 10.6. The summed E-state index contributed by atoms with van der Waals surface area (Å²) in [5.74, 6) is 0.954. The van der Waals surface area contributed by atoms with E-state index in [0.717, 1.165) is 29.8 Å². The van der Waals surface area contributed by atoms with Gasteiger partial charge in [0.25, 0.3) is 0 Å². The maximum atomic E-state index is 12.3. The monoisotopic (exact) mass is 450 g/mol. The number of unbranched alkanes of at least 4 members (excludes halogenated alkanes) is 1. The molecule has 7 heteroatoms. The van der Waals surface area contributed by atoms with Crippen LogP contribution in [0, 0.1) is 18.3 Å². The quantitative estimate of drug-likeness (QED) is 0.272. The predicted molar refractivity (Wildman–Crippen MR) is 124 cm³/mol. The molecule has 0 aliphatic carbocycles. The number of hydrogen-bond donors (Lipinski definition) is 0. The van der Waals surface area contributed by atoms with Crippen LogP contribution >= 0.6 is 11.3 Å². The Labute approximate surface area is 192 Å². The van der Waals surface area contributed by atoms with E-state index in [-0.39, 0.29) is 5.97 Å². The predicted octanol–water partition coefficient (Wildman–Crippen LogP) is 6.14. The van der Waals surface area contributed by atoms with Crippen LogP contribution in [0.15, 0.2) is 48.5 Å². The molecule has 32 heavy (non-hydrogen) atoms. The lowest BCUT2D eigenvalue weighted by Gasteiger charge is -2.20. The fraction of sp³-hybridized carbons (Fsp3) is 0.320. The number of thiazole rings is 1. The molecule has 0 fully saturated rings. The van der Waals surface area contributed by atoms with Crippen LogP contribution in [-0.4, -0.2) is 23.9 Å². The molecule has 0 aliphatic rings. The molecule has 0 aliphatic heterocycles. The van der Waals surface area contributed by atoms with Gasteiger partial charge in [0.2, 0.25) is 6.29 Å². The molecule has 3 rings (SSSR count). The fourth-order valence-electron chi connectivity index (χ4n) is 3.07. The van der Waals surface area contributed by atoms with Gasteiger partial charge in [-0.15, -0.1) is 11.3 Å². The number of carbonyl (C=O) groups is 1. The van der Waals surface area contributed by atoms with Gasteiger partial charge in [0.15, 0.2) is 0 Å². The minimum Gasteiger partial charge on any atom is -0.462 e. The van der Waals surface area contributed by atoms with Gasteiger partial charge < -0.3 is 14.2 Å². The number of esters is 1. The first-order valence-corrected chi connectivity index (χ1v) is 11.4. The molecule has 6 nitrogen and oxygen atoms in total. The van der Waals surface area contributed by atoms with Crippen LogP contribution in [0.2, 0.25) is 0 Å². The Morgan fingerprint density at radius 1 is 1.06 bits per heavy atom. The number of aryl methyl sites for hydroxylation is 1. The Bertz CT molecular complexity index is 1070. The topological polar surface area (TPSA) is 81.4 Å². The third-order valence-corrected chi connectivity index (χ3v) is 5.59. The van der Waals surface area contributed by atoms with Gasteiger partial charge in [-0.25, -0.2) is 9.78 Å². The van der Waals surface area contributed by atoms with Gasteiger partial charge in [-0.05, 0) is 68.8 Å². The standard InChI is InChI=1S/C25H26N2O4S/c1-4-6-7-22(30-20-12-8-18(16-26)9-13-20)31-21-14-10-19(11-15-21)23-24(25(28)29-5-2)32-17(3)27-23/h8-15,22H,4-7H2,1-3H3. The summed E-state index contributed by atoms with van der Waals surface area (Å²) >= 11 is 1.33. The van der Waals surface area contributed by atoms with Gasteiger partial charge in [-0.2, -0.15) is 5.26 Å². The third kappa shape index (κ3) is 6.08. The van der Waals surface area contributed by atoms with Gasteiger partial charge in [-0.1, -0.05) is 13.3 Å². The smallest absolute Gasteiger partial charge is 0.350 e. The van der Waals surface area contributed by atoms with E-state index < -0.39 is 6.29 Å². The number of benzene rings is 2. The van der Waals surface area contributed by atoms with Crippen molar-refractivity contribution < 1.29 is 19.0 Å². The molecule has 166 valence electrons. The number of hydrogen-bond acceptors (Lipinski definition) is 7. The zero-order chi connectivity index (χ0) is 22.9. The molecule has 2 aromatic carbocycles. The van der Waals surface area contributed by atoms with Gasteiger partial charge in [0, 0.05) is 12.0 Å². The maximum Gasteiger partial charge on any atom is 0.350 e. The molecule has 1 unspecified atom stereocenters. The van der Waals surface area contributed by atoms with Crippen LogP contribution in [0.25, 0.3) is 11.3 Å². The van der Waals surface area contributed by atoms with Crippen molar-refractivity contribution in [1.82, 2.24) is 4.98 Å². The lowest BCUT2D eigenvalue weighted by Crippen LogP contribution is -2.23. The van der Waals surface area contributed by atoms with E-state index in [1.807, 2.05) is 31.2 Å². The van der Waals surface area contributed by atoms with E-state index in [0.29, 0.717) is 34.2 Å². The zero-order valence-corrected chi connectivity index (χ0v) is 19.3. The Morgan fingerprint density at radius 3 is 2.25 bits per heavy atom. The molecule has 1 heterocycles. The molecule has 0 saturated heterocycles. The van der Waals surface area contributed by atoms with Gasteiger partial charge >= 0.3 is 5.97 Å². The molecule has 0 radical (unpaired) electrons. The van der Waals surface area contributed by atoms with Crippen molar-refractivity contribution in [2.24, 2.45) is 0 Å². The van der Waals surface area contributed by atoms with E-state index in [1.165, 1.54) is 11.3 Å². The second-order valence-corrected chi connectivity index (χ2v) is 8.30. The van der Waals surface area contributed by atoms with Crippen molar-refractivity contribution in [3.8, 4) is 28.8 Å². The normalized spacial score (nSPS) is 11.4.